The summed E-state index contributed by atoms with van der Waals surface area (Å²) in [6.45, 7) is 3.24. The van der Waals surface area contributed by atoms with E-state index in [0.717, 1.165) is 9.87 Å². The van der Waals surface area contributed by atoms with E-state index in [2.05, 4.69) is 10.3 Å². The van der Waals surface area contributed by atoms with E-state index >= 15 is 0 Å². The van der Waals surface area contributed by atoms with Crippen LogP contribution in [0.5, 0.6) is 0 Å². The number of rotatable bonds is 12. The number of hydrogen-bond donors (Lipinski definition) is 4. The Morgan fingerprint density at radius 1 is 1.21 bits per heavy atom. The van der Waals surface area contributed by atoms with Gasteiger partial charge >= 0.3 is 0 Å². The first kappa shape index (κ1) is 27.4. The fraction of sp³-hybridized carbons (Fsp3) is 0.545. The molecule has 1 aliphatic rings. The monoisotopic (exact) mass is 494 g/mol. The molecule has 2 rings (SSSR count). The molecule has 1 aromatic carbocycles. The van der Waals surface area contributed by atoms with Gasteiger partial charge in [0.1, 0.15) is 0 Å². The van der Waals surface area contributed by atoms with Crippen molar-refractivity contribution in [2.75, 3.05) is 19.6 Å². The Balaban J connectivity index is 2.52. The van der Waals surface area contributed by atoms with E-state index < -0.39 is 39.1 Å². The Morgan fingerprint density at radius 3 is 2.41 bits per heavy atom. The van der Waals surface area contributed by atoms with Crippen molar-refractivity contribution in [2.45, 2.75) is 62.4 Å². The lowest BCUT2D eigenvalue weighted by molar-refractivity contribution is -0.141. The Morgan fingerprint density at radius 2 is 1.85 bits per heavy atom. The fourth-order valence-electron chi connectivity index (χ4n) is 4.26. The van der Waals surface area contributed by atoms with Gasteiger partial charge in [-0.1, -0.05) is 17.7 Å². The zero-order valence-electron chi connectivity index (χ0n) is 19.6. The summed E-state index contributed by atoms with van der Waals surface area (Å²) >= 11 is 0. The second kappa shape index (κ2) is 11.5. The molecular weight excluding hydrogens is 460 g/mol. The van der Waals surface area contributed by atoms with E-state index in [1.165, 1.54) is 19.1 Å². The lowest BCUT2D eigenvalue weighted by Gasteiger charge is -2.37. The molecule has 0 aromatic heterocycles. The van der Waals surface area contributed by atoms with E-state index in [4.69, 9.17) is 17.2 Å². The zero-order valence-corrected chi connectivity index (χ0v) is 20.4. The van der Waals surface area contributed by atoms with Crippen LogP contribution in [-0.4, -0.2) is 67.4 Å². The number of hydrogen-bond acceptors (Lipinski definition) is 7. The number of aryl methyl sites for hydroxylation is 1. The maximum atomic E-state index is 13.9. The van der Waals surface area contributed by atoms with E-state index in [1.807, 2.05) is 6.92 Å². The van der Waals surface area contributed by atoms with Crippen LogP contribution in [0.15, 0.2) is 34.2 Å². The van der Waals surface area contributed by atoms with Crippen molar-refractivity contribution < 1.29 is 22.8 Å². The van der Waals surface area contributed by atoms with E-state index in [0.29, 0.717) is 12.8 Å². The number of sulfonamides is 1. The van der Waals surface area contributed by atoms with Crippen LogP contribution in [0, 0.1) is 6.92 Å². The number of nitrogens with two attached hydrogens (primary N) is 3. The molecule has 7 N–H and O–H groups in total. The van der Waals surface area contributed by atoms with E-state index in [-0.39, 0.29) is 49.8 Å². The maximum absolute atomic E-state index is 13.9. The number of carbonyl (C=O) groups excluding carboxylic acids is 3. The summed E-state index contributed by atoms with van der Waals surface area (Å²) in [6.07, 6.45) is 0.617. The predicted octanol–water partition coefficient (Wildman–Crippen LogP) is -0.436. The molecule has 1 saturated heterocycles. The molecule has 0 saturated carbocycles. The van der Waals surface area contributed by atoms with Crippen LogP contribution in [0.25, 0.3) is 0 Å². The van der Waals surface area contributed by atoms with Crippen LogP contribution in [0.1, 0.15) is 44.6 Å². The van der Waals surface area contributed by atoms with Crippen LogP contribution in [0.4, 0.5) is 0 Å². The predicted molar refractivity (Wildman–Crippen MR) is 128 cm³/mol. The SMILES string of the molecule is CC(=O)N[C@@H](CCCN=C(N)N)C(=O)[C@@]1(C(=O)CCN)CCCN1S(=O)(=O)c1ccc(C)cc1. The topological polar surface area (TPSA) is 191 Å². The molecule has 0 bridgehead atoms. The van der Waals surface area contributed by atoms with Gasteiger partial charge in [0.2, 0.25) is 15.9 Å². The molecule has 12 heteroatoms. The minimum atomic E-state index is -4.19. The number of amides is 1. The molecule has 1 heterocycles. The van der Waals surface area contributed by atoms with Crippen LogP contribution in [0.3, 0.4) is 0 Å². The average molecular weight is 495 g/mol. The third kappa shape index (κ3) is 5.99. The highest BCUT2D eigenvalue weighted by molar-refractivity contribution is 7.89. The second-order valence-corrected chi connectivity index (χ2v) is 10.2. The number of carbonyl (C=O) groups is 3. The summed E-state index contributed by atoms with van der Waals surface area (Å²) in [6, 6.07) is 5.11. The first-order chi connectivity index (χ1) is 16.0. The molecule has 34 heavy (non-hydrogen) atoms. The third-order valence-corrected chi connectivity index (χ3v) is 7.76. The molecule has 188 valence electrons. The van der Waals surface area contributed by atoms with Crippen molar-refractivity contribution in [2.24, 2.45) is 22.2 Å². The number of ketones is 2. The summed E-state index contributed by atoms with van der Waals surface area (Å²) in [5.74, 6) is -1.83. The fourth-order valence-corrected chi connectivity index (χ4v) is 6.06. The number of benzene rings is 1. The van der Waals surface area contributed by atoms with Crippen LogP contribution in [-0.2, 0) is 24.4 Å². The van der Waals surface area contributed by atoms with Crippen molar-refractivity contribution in [3.05, 3.63) is 29.8 Å². The molecule has 0 unspecified atom stereocenters. The standard InChI is InChI=1S/C22H34N6O5S/c1-15-6-8-17(9-7-15)34(32,33)28-14-4-11-22(28,19(30)10-12-23)20(31)18(27-16(2)29)5-3-13-26-21(24)25/h6-9,18H,3-5,10-14,23H2,1-2H3,(H,27,29)(H4,24,25,26)/t18-,22-/m0/s1. The quantitative estimate of drug-likeness (QED) is 0.130. The second-order valence-electron chi connectivity index (χ2n) is 8.38. The van der Waals surface area contributed by atoms with Crippen molar-refractivity contribution in [3.63, 3.8) is 0 Å². The molecule has 1 aromatic rings. The van der Waals surface area contributed by atoms with Gasteiger partial charge in [-0.2, -0.15) is 4.31 Å². The van der Waals surface area contributed by atoms with Crippen LogP contribution in [0.2, 0.25) is 0 Å². The largest absolute Gasteiger partial charge is 0.370 e. The highest BCUT2D eigenvalue weighted by Crippen LogP contribution is 2.38. The van der Waals surface area contributed by atoms with Gasteiger partial charge in [0, 0.05) is 26.4 Å². The lowest BCUT2D eigenvalue weighted by Crippen LogP contribution is -2.63. The smallest absolute Gasteiger partial charge is 0.244 e. The molecule has 1 amide bonds. The molecular formula is C22H34N6O5S. The Hall–Kier alpha value is -2.83. The van der Waals surface area contributed by atoms with Crippen molar-refractivity contribution in [1.82, 2.24) is 9.62 Å². The van der Waals surface area contributed by atoms with Gasteiger partial charge in [-0.25, -0.2) is 8.42 Å². The summed E-state index contributed by atoms with van der Waals surface area (Å²) in [7, 11) is -4.19. The first-order valence-electron chi connectivity index (χ1n) is 11.2. The summed E-state index contributed by atoms with van der Waals surface area (Å²) < 4.78 is 28.2. The minimum absolute atomic E-state index is 0.000939. The molecule has 0 spiro atoms. The summed E-state index contributed by atoms with van der Waals surface area (Å²) in [4.78, 5) is 43.0. The number of guanidine groups is 1. The third-order valence-electron chi connectivity index (χ3n) is 5.81. The lowest BCUT2D eigenvalue weighted by atomic mass is 9.81. The van der Waals surface area contributed by atoms with Crippen molar-refractivity contribution >= 4 is 33.5 Å². The van der Waals surface area contributed by atoms with E-state index in [9.17, 15) is 22.8 Å². The van der Waals surface area contributed by atoms with Gasteiger partial charge in [0.15, 0.2) is 23.1 Å². The molecule has 2 atom stereocenters. The Bertz CT molecular complexity index is 1040. The van der Waals surface area contributed by atoms with Crippen molar-refractivity contribution in [3.8, 4) is 0 Å². The van der Waals surface area contributed by atoms with Crippen LogP contribution < -0.4 is 22.5 Å². The average Bonchev–Trinajstić information content (AvgIpc) is 3.22. The van der Waals surface area contributed by atoms with Gasteiger partial charge in [0.05, 0.1) is 10.9 Å². The van der Waals surface area contributed by atoms with Gasteiger partial charge in [0.25, 0.3) is 0 Å². The number of aliphatic imine (C=N–C) groups is 1. The Labute approximate surface area is 200 Å². The molecule has 1 aliphatic heterocycles. The summed E-state index contributed by atoms with van der Waals surface area (Å²) in [5.41, 5.74) is 15.2. The van der Waals surface area contributed by atoms with Gasteiger partial charge in [-0.15, -0.1) is 0 Å². The molecule has 1 fully saturated rings. The highest BCUT2D eigenvalue weighted by atomic mass is 32.2. The van der Waals surface area contributed by atoms with Gasteiger partial charge < -0.3 is 22.5 Å². The Kier molecular flexibility index (Phi) is 9.30. The summed E-state index contributed by atoms with van der Waals surface area (Å²) in [5, 5.41) is 2.58. The van der Waals surface area contributed by atoms with Gasteiger partial charge in [-0.05, 0) is 51.3 Å². The number of Topliss-reactive ketones (excluding diaryl/α,β-unsaturated/α-hetero) is 2. The normalized spacial score (nSPS) is 19.4. The van der Waals surface area contributed by atoms with Crippen molar-refractivity contribution in [1.29, 1.82) is 0 Å². The van der Waals surface area contributed by atoms with Crippen LogP contribution >= 0.6 is 0 Å². The van der Waals surface area contributed by atoms with E-state index in [1.54, 1.807) is 12.1 Å². The minimum Gasteiger partial charge on any atom is -0.370 e. The molecule has 0 aliphatic carbocycles. The maximum Gasteiger partial charge on any atom is 0.244 e. The highest BCUT2D eigenvalue weighted by Gasteiger charge is 2.58. The number of nitrogens with zero attached hydrogens (tertiary/aromatic N) is 2. The molecule has 11 nitrogen and oxygen atoms in total. The first-order valence-corrected chi connectivity index (χ1v) is 12.6. The zero-order chi connectivity index (χ0) is 25.5. The molecule has 0 radical (unpaired) electrons. The number of nitrogens with one attached hydrogen (secondary N) is 1. The van der Waals surface area contributed by atoms with Gasteiger partial charge in [-0.3, -0.25) is 19.4 Å².